The fourth-order valence-corrected chi connectivity index (χ4v) is 6.52. The maximum Gasteiger partial charge on any atom is 0.412 e. The molecule has 3 aromatic carbocycles. The lowest BCUT2D eigenvalue weighted by atomic mass is 9.73. The monoisotopic (exact) mass is 868 g/mol. The number of carbonyl (C=O) groups excluding carboxylic acids is 3. The lowest BCUT2D eigenvalue weighted by Gasteiger charge is -2.44. The maximum absolute atomic E-state index is 13.6. The highest BCUT2D eigenvalue weighted by Crippen LogP contribution is 2.38. The predicted octanol–water partition coefficient (Wildman–Crippen LogP) is 7.61. The summed E-state index contributed by atoms with van der Waals surface area (Å²) in [5.74, 6) is -0.954. The van der Waals surface area contributed by atoms with Gasteiger partial charge < -0.3 is 38.7 Å². The van der Waals surface area contributed by atoms with E-state index in [1.54, 1.807) is 61.1 Å². The smallest absolute Gasteiger partial charge is 0.412 e. The Kier molecular flexibility index (Phi) is 15.5. The summed E-state index contributed by atoms with van der Waals surface area (Å²) in [7, 11) is 0. The number of carbonyl (C=O) groups is 3. The summed E-state index contributed by atoms with van der Waals surface area (Å²) in [5, 5.41) is 24.8. The van der Waals surface area contributed by atoms with Gasteiger partial charge in [-0.15, -0.1) is 5.10 Å². The van der Waals surface area contributed by atoms with E-state index < -0.39 is 52.4 Å². The number of aromatic nitrogens is 3. The molecule has 0 bridgehead atoms. The van der Waals surface area contributed by atoms with Gasteiger partial charge in [0.15, 0.2) is 0 Å². The highest BCUT2D eigenvalue weighted by molar-refractivity contribution is 5.94. The third-order valence-electron chi connectivity index (χ3n) is 11.5. The number of nitrogens with one attached hydrogen (secondary N) is 2. The number of nitrogens with zero attached hydrogens (tertiary/aromatic N) is 4. The summed E-state index contributed by atoms with van der Waals surface area (Å²) < 4.78 is 30.5. The Bertz CT molecular complexity index is 2400. The van der Waals surface area contributed by atoms with Gasteiger partial charge in [-0.25, -0.2) is 19.1 Å². The Morgan fingerprint density at radius 1 is 0.889 bits per heavy atom. The molecule has 5 rings (SSSR count). The standard InChI is InChI=1S/C47H60N6O10/c1-11-52(12-2)36-22-23-37-38(25-41(55)62-39(37)24-36)40(63-44(58)49-33-18-14-32(15-19-33)43(57)59-13-3)26-48-42(56)31-16-20-35(21-17-31)53-27-34(50-51-53)28-60-45(5,6)29-61-47(9,10)46(7,8)30(4)54/h14-25,27,30,40,54H,11-13,26,28-29H2,1-10H3,(H,48,56)(H,49,58). The number of anilines is 2. The van der Waals surface area contributed by atoms with Gasteiger partial charge in [-0.3, -0.25) is 10.1 Å². The molecule has 2 heterocycles. The van der Waals surface area contributed by atoms with Crippen LogP contribution >= 0.6 is 0 Å². The molecule has 0 aliphatic carbocycles. The number of fused-ring (bicyclic) bond motifs is 1. The molecule has 0 saturated carbocycles. The van der Waals surface area contributed by atoms with Crippen molar-refractivity contribution < 1.29 is 42.9 Å². The van der Waals surface area contributed by atoms with Gasteiger partial charge >= 0.3 is 17.7 Å². The van der Waals surface area contributed by atoms with Crippen molar-refractivity contribution in [2.24, 2.45) is 5.41 Å². The van der Waals surface area contributed by atoms with Gasteiger partial charge in [-0.1, -0.05) is 19.1 Å². The van der Waals surface area contributed by atoms with Gasteiger partial charge in [0.05, 0.1) is 61.1 Å². The van der Waals surface area contributed by atoms with Crippen LogP contribution in [0.4, 0.5) is 16.2 Å². The first-order valence-electron chi connectivity index (χ1n) is 21.1. The van der Waals surface area contributed by atoms with Crippen LogP contribution in [0.15, 0.2) is 88.2 Å². The fraction of sp³-hybridized carbons (Fsp3) is 0.447. The van der Waals surface area contributed by atoms with Crippen LogP contribution in [0.5, 0.6) is 0 Å². The van der Waals surface area contributed by atoms with Crippen molar-refractivity contribution in [3.63, 3.8) is 0 Å². The van der Waals surface area contributed by atoms with Crippen LogP contribution in [0, 0.1) is 5.41 Å². The predicted molar refractivity (Wildman–Crippen MR) is 239 cm³/mol. The van der Waals surface area contributed by atoms with Crippen LogP contribution in [0.1, 0.15) is 107 Å². The maximum atomic E-state index is 13.6. The number of aliphatic hydroxyl groups is 1. The molecule has 16 nitrogen and oxygen atoms in total. The zero-order valence-electron chi connectivity index (χ0n) is 37.8. The van der Waals surface area contributed by atoms with Gasteiger partial charge in [-0.2, -0.15) is 0 Å². The van der Waals surface area contributed by atoms with Crippen LogP contribution < -0.4 is 21.2 Å². The minimum absolute atomic E-state index is 0.176. The molecule has 3 N–H and O–H groups in total. The number of benzene rings is 3. The average molecular weight is 869 g/mol. The second-order valence-corrected chi connectivity index (χ2v) is 16.8. The summed E-state index contributed by atoms with van der Waals surface area (Å²) in [6.07, 6.45) is -0.828. The van der Waals surface area contributed by atoms with Gasteiger partial charge in [0, 0.05) is 58.5 Å². The highest BCUT2D eigenvalue weighted by atomic mass is 16.6. The second kappa shape index (κ2) is 20.4. The topological polar surface area (TPSA) is 197 Å². The minimum Gasteiger partial charge on any atom is -0.462 e. The first kappa shape index (κ1) is 47.9. The molecule has 0 fully saturated rings. The van der Waals surface area contributed by atoms with Crippen molar-refractivity contribution in [2.75, 3.05) is 43.1 Å². The van der Waals surface area contributed by atoms with E-state index in [1.165, 1.54) is 30.3 Å². The molecule has 0 spiro atoms. The van der Waals surface area contributed by atoms with Gasteiger partial charge in [0.2, 0.25) is 0 Å². The summed E-state index contributed by atoms with van der Waals surface area (Å²) >= 11 is 0. The third-order valence-corrected chi connectivity index (χ3v) is 11.5. The molecule has 0 aliphatic heterocycles. The molecule has 16 heteroatoms. The lowest BCUT2D eigenvalue weighted by molar-refractivity contribution is -0.180. The zero-order chi connectivity index (χ0) is 46.1. The largest absolute Gasteiger partial charge is 0.462 e. The Balaban J connectivity index is 1.28. The van der Waals surface area contributed by atoms with Gasteiger partial charge in [0.25, 0.3) is 5.91 Å². The van der Waals surface area contributed by atoms with Crippen LogP contribution in [0.2, 0.25) is 0 Å². The van der Waals surface area contributed by atoms with E-state index in [9.17, 15) is 24.3 Å². The first-order valence-corrected chi connectivity index (χ1v) is 21.1. The summed E-state index contributed by atoms with van der Waals surface area (Å²) in [5.41, 5.74) is 1.27. The van der Waals surface area contributed by atoms with Crippen molar-refractivity contribution in [2.45, 2.75) is 99.3 Å². The quantitative estimate of drug-likeness (QED) is 0.0511. The highest BCUT2D eigenvalue weighted by Gasteiger charge is 2.42. The Labute approximate surface area is 367 Å². The molecular formula is C47H60N6O10. The van der Waals surface area contributed by atoms with Crippen molar-refractivity contribution in [3.05, 3.63) is 112 Å². The van der Waals surface area contributed by atoms with Crippen molar-refractivity contribution in [3.8, 4) is 5.69 Å². The van der Waals surface area contributed by atoms with Crippen molar-refractivity contribution in [1.29, 1.82) is 0 Å². The number of amides is 2. The Morgan fingerprint density at radius 2 is 1.56 bits per heavy atom. The molecule has 2 atom stereocenters. The number of hydrogen-bond acceptors (Lipinski definition) is 13. The van der Waals surface area contributed by atoms with E-state index in [0.29, 0.717) is 44.7 Å². The second-order valence-electron chi connectivity index (χ2n) is 16.8. The van der Waals surface area contributed by atoms with E-state index in [-0.39, 0.29) is 26.4 Å². The number of ether oxygens (including phenoxy) is 4. The third kappa shape index (κ3) is 12.1. The normalized spacial score (nSPS) is 13.0. The molecule has 338 valence electrons. The van der Waals surface area contributed by atoms with E-state index in [2.05, 4.69) is 25.8 Å². The minimum atomic E-state index is -1.13. The summed E-state index contributed by atoms with van der Waals surface area (Å²) in [4.78, 5) is 54.1. The molecular weight excluding hydrogens is 809 g/mol. The van der Waals surface area contributed by atoms with E-state index >= 15 is 0 Å². The van der Waals surface area contributed by atoms with Crippen LogP contribution in [0.25, 0.3) is 16.7 Å². The molecule has 2 amide bonds. The molecule has 0 aliphatic rings. The summed E-state index contributed by atoms with van der Waals surface area (Å²) in [6, 6.07) is 19.5. The number of esters is 1. The van der Waals surface area contributed by atoms with Crippen molar-refractivity contribution >= 4 is 40.3 Å². The van der Waals surface area contributed by atoms with Crippen LogP contribution in [0.3, 0.4) is 0 Å². The fourth-order valence-electron chi connectivity index (χ4n) is 6.52. The number of rotatable bonds is 20. The van der Waals surface area contributed by atoms with Crippen LogP contribution in [-0.2, 0) is 25.6 Å². The Morgan fingerprint density at radius 3 is 2.19 bits per heavy atom. The lowest BCUT2D eigenvalue weighted by Crippen LogP contribution is -2.50. The first-order chi connectivity index (χ1) is 29.8. The molecule has 0 radical (unpaired) electrons. The van der Waals surface area contributed by atoms with Gasteiger partial charge in [-0.05, 0) is 116 Å². The number of hydrogen-bond donors (Lipinski definition) is 3. The summed E-state index contributed by atoms with van der Waals surface area (Å²) in [6.45, 7) is 21.2. The van der Waals surface area contributed by atoms with E-state index in [0.717, 1.165) is 18.8 Å². The van der Waals surface area contributed by atoms with Crippen LogP contribution in [-0.4, -0.2) is 88.2 Å². The molecule has 2 unspecified atom stereocenters. The van der Waals surface area contributed by atoms with Crippen molar-refractivity contribution in [1.82, 2.24) is 20.3 Å². The average Bonchev–Trinajstić information content (AvgIpc) is 3.73. The molecule has 2 aromatic heterocycles. The molecule has 0 saturated heterocycles. The van der Waals surface area contributed by atoms with E-state index in [1.807, 2.05) is 61.5 Å². The molecule has 63 heavy (non-hydrogen) atoms. The number of aliphatic hydroxyl groups excluding tert-OH is 1. The zero-order valence-corrected chi connectivity index (χ0v) is 37.8. The van der Waals surface area contributed by atoms with E-state index in [4.69, 9.17) is 23.4 Å². The van der Waals surface area contributed by atoms with Gasteiger partial charge in [0.1, 0.15) is 17.4 Å². The SMILES string of the molecule is CCOC(=O)c1ccc(NC(=O)OC(CNC(=O)c2ccc(-n3cc(COC(C)(C)COC(C)(C)C(C)(C)C(C)O)nn3)cc2)c2cc(=O)oc3cc(N(CC)CC)ccc23)cc1. The Hall–Kier alpha value is -6.10. The molecule has 5 aromatic rings.